The van der Waals surface area contributed by atoms with Gasteiger partial charge in [0.15, 0.2) is 0 Å². The maximum absolute atomic E-state index is 11.5. The highest BCUT2D eigenvalue weighted by Gasteiger charge is 2.60. The topological polar surface area (TPSA) is 26.3 Å². The van der Waals surface area contributed by atoms with Gasteiger partial charge in [-0.05, 0) is 97.7 Å². The van der Waals surface area contributed by atoms with Crippen LogP contribution in [0.4, 0.5) is 0 Å². The van der Waals surface area contributed by atoms with Crippen molar-refractivity contribution >= 4 is 5.97 Å². The Bertz CT molecular complexity index is 610. The lowest BCUT2D eigenvalue weighted by atomic mass is 9.42. The quantitative estimate of drug-likeness (QED) is 0.393. The summed E-state index contributed by atoms with van der Waals surface area (Å²) in [7, 11) is 1.47. The lowest BCUT2D eigenvalue weighted by molar-refractivity contribution is -0.135. The Morgan fingerprint density at radius 2 is 1.79 bits per heavy atom. The Morgan fingerprint density at radius 3 is 2.54 bits per heavy atom. The van der Waals surface area contributed by atoms with E-state index in [1.165, 1.54) is 71.3 Å². The molecule has 2 heteroatoms. The summed E-state index contributed by atoms with van der Waals surface area (Å²) in [6.45, 7) is 7.76. The van der Waals surface area contributed by atoms with E-state index < -0.39 is 0 Å². The van der Waals surface area contributed by atoms with Gasteiger partial charge in [0.05, 0.1) is 7.11 Å². The molecule has 0 radical (unpaired) electrons. The zero-order chi connectivity index (χ0) is 19.9. The summed E-state index contributed by atoms with van der Waals surface area (Å²) in [6.07, 6.45) is 19.3. The number of rotatable bonds is 4. The lowest BCUT2D eigenvalue weighted by Crippen LogP contribution is -2.55. The molecule has 4 saturated carbocycles. The Morgan fingerprint density at radius 1 is 1.00 bits per heavy atom. The third-order valence-electron chi connectivity index (χ3n) is 10.4. The van der Waals surface area contributed by atoms with Gasteiger partial charge in [-0.1, -0.05) is 46.1 Å². The average Bonchev–Trinajstić information content (AvgIpc) is 3.03. The van der Waals surface area contributed by atoms with Gasteiger partial charge in [0, 0.05) is 6.08 Å². The summed E-state index contributed by atoms with van der Waals surface area (Å²) in [6, 6.07) is 0. The molecule has 6 unspecified atom stereocenters. The van der Waals surface area contributed by atoms with Crippen LogP contribution in [-0.2, 0) is 9.53 Å². The summed E-state index contributed by atoms with van der Waals surface area (Å²) in [5, 5.41) is 0. The van der Waals surface area contributed by atoms with Crippen molar-refractivity contribution in [1.82, 2.24) is 0 Å². The molecule has 0 N–H and O–H groups in total. The van der Waals surface area contributed by atoms with Crippen LogP contribution in [0.25, 0.3) is 0 Å². The molecule has 0 bridgehead atoms. The van der Waals surface area contributed by atoms with E-state index in [-0.39, 0.29) is 5.97 Å². The molecule has 0 spiro atoms. The van der Waals surface area contributed by atoms with Crippen LogP contribution >= 0.6 is 0 Å². The lowest BCUT2D eigenvalue weighted by Gasteiger charge is -2.62. The van der Waals surface area contributed by atoms with Crippen LogP contribution in [0.5, 0.6) is 0 Å². The number of allylic oxidation sites excluding steroid dienone is 1. The molecule has 0 amide bonds. The molecular formula is C26H42O2. The van der Waals surface area contributed by atoms with E-state index in [4.69, 9.17) is 4.74 Å². The van der Waals surface area contributed by atoms with Gasteiger partial charge < -0.3 is 4.74 Å². The normalized spacial score (nSPS) is 48.0. The highest BCUT2D eigenvalue weighted by atomic mass is 16.5. The van der Waals surface area contributed by atoms with Crippen molar-refractivity contribution in [3.63, 3.8) is 0 Å². The number of esters is 1. The van der Waals surface area contributed by atoms with Crippen molar-refractivity contribution < 1.29 is 9.53 Å². The molecule has 0 aliphatic heterocycles. The van der Waals surface area contributed by atoms with Gasteiger partial charge in [0.1, 0.15) is 0 Å². The molecule has 0 saturated heterocycles. The SMILES string of the molecule is CC[C@H]1CC2C3CCC(C/C=C/C(=O)OC)C3(C)CC[C@@H]2C2(C)CCCCC12. The van der Waals surface area contributed by atoms with Crippen LogP contribution in [0.15, 0.2) is 12.2 Å². The molecule has 0 aromatic heterocycles. The van der Waals surface area contributed by atoms with Crippen LogP contribution in [0, 0.1) is 46.3 Å². The predicted octanol–water partition coefficient (Wildman–Crippen LogP) is 6.79. The predicted molar refractivity (Wildman–Crippen MR) is 115 cm³/mol. The van der Waals surface area contributed by atoms with Crippen molar-refractivity contribution in [2.45, 2.75) is 91.4 Å². The van der Waals surface area contributed by atoms with Gasteiger partial charge in [-0.25, -0.2) is 4.79 Å². The fourth-order valence-electron chi connectivity index (χ4n) is 8.91. The second kappa shape index (κ2) is 7.80. The van der Waals surface area contributed by atoms with Crippen LogP contribution in [0.1, 0.15) is 91.4 Å². The molecule has 4 fully saturated rings. The van der Waals surface area contributed by atoms with E-state index in [9.17, 15) is 4.79 Å². The molecule has 4 aliphatic carbocycles. The van der Waals surface area contributed by atoms with Gasteiger partial charge >= 0.3 is 5.97 Å². The number of hydrogen-bond donors (Lipinski definition) is 0. The Balaban J connectivity index is 1.54. The molecule has 4 aliphatic rings. The highest BCUT2D eigenvalue weighted by Crippen LogP contribution is 2.69. The van der Waals surface area contributed by atoms with E-state index in [2.05, 4.69) is 26.8 Å². The van der Waals surface area contributed by atoms with Gasteiger partial charge in [-0.15, -0.1) is 0 Å². The monoisotopic (exact) mass is 386 g/mol. The number of carbonyl (C=O) groups excluding carboxylic acids is 1. The third-order valence-corrected chi connectivity index (χ3v) is 10.4. The first-order valence-electron chi connectivity index (χ1n) is 12.2. The number of ether oxygens (including phenoxy) is 1. The second-order valence-corrected chi connectivity index (χ2v) is 11.1. The minimum Gasteiger partial charge on any atom is -0.466 e. The zero-order valence-electron chi connectivity index (χ0n) is 18.7. The van der Waals surface area contributed by atoms with Crippen LogP contribution in [0.3, 0.4) is 0 Å². The molecule has 4 rings (SSSR count). The third kappa shape index (κ3) is 3.18. The fourth-order valence-corrected chi connectivity index (χ4v) is 8.91. The van der Waals surface area contributed by atoms with E-state index in [1.807, 2.05) is 0 Å². The van der Waals surface area contributed by atoms with Gasteiger partial charge in [0.2, 0.25) is 0 Å². The van der Waals surface area contributed by atoms with Gasteiger partial charge in [0.25, 0.3) is 0 Å². The van der Waals surface area contributed by atoms with E-state index in [0.29, 0.717) is 10.8 Å². The fraction of sp³-hybridized carbons (Fsp3) is 0.885. The van der Waals surface area contributed by atoms with Crippen LogP contribution in [-0.4, -0.2) is 13.1 Å². The van der Waals surface area contributed by atoms with Crippen molar-refractivity contribution in [1.29, 1.82) is 0 Å². The molecule has 0 heterocycles. The first kappa shape index (κ1) is 20.5. The summed E-state index contributed by atoms with van der Waals surface area (Å²) in [4.78, 5) is 11.5. The summed E-state index contributed by atoms with van der Waals surface area (Å²) in [5.74, 6) is 5.34. The number of fused-ring (bicyclic) bond motifs is 5. The maximum atomic E-state index is 11.5. The number of hydrogen-bond acceptors (Lipinski definition) is 2. The first-order valence-corrected chi connectivity index (χ1v) is 12.2. The first-order chi connectivity index (χ1) is 13.4. The number of methoxy groups -OCH3 is 1. The van der Waals surface area contributed by atoms with Crippen molar-refractivity contribution in [2.75, 3.05) is 7.11 Å². The molecule has 0 aromatic rings. The standard InChI is InChI=1S/C26H42O2/c1-5-18-17-20-22-13-12-19(9-8-11-24(27)28-4)25(22,2)16-14-23(20)26(3)15-7-6-10-21(18)26/h8,11,18-23H,5-7,9-10,12-17H2,1-4H3/b11-8+/t18-,19?,20?,21?,22?,23-,25?,26?/m0/s1. The van der Waals surface area contributed by atoms with Crippen LogP contribution in [0.2, 0.25) is 0 Å². The Kier molecular flexibility index (Phi) is 5.71. The maximum Gasteiger partial charge on any atom is 0.330 e. The Hall–Kier alpha value is -0.790. The van der Waals surface area contributed by atoms with Crippen molar-refractivity contribution in [3.05, 3.63) is 12.2 Å². The minimum absolute atomic E-state index is 0.210. The average molecular weight is 387 g/mol. The molecule has 158 valence electrons. The Labute approximate surface area is 172 Å². The van der Waals surface area contributed by atoms with Crippen molar-refractivity contribution in [2.24, 2.45) is 46.3 Å². The smallest absolute Gasteiger partial charge is 0.330 e. The molecule has 2 nitrogen and oxygen atoms in total. The zero-order valence-corrected chi connectivity index (χ0v) is 18.7. The van der Waals surface area contributed by atoms with Crippen molar-refractivity contribution in [3.8, 4) is 0 Å². The van der Waals surface area contributed by atoms with E-state index in [1.54, 1.807) is 6.08 Å². The van der Waals surface area contributed by atoms with Crippen LogP contribution < -0.4 is 0 Å². The number of carbonyl (C=O) groups is 1. The van der Waals surface area contributed by atoms with E-state index in [0.717, 1.165) is 41.9 Å². The summed E-state index contributed by atoms with van der Waals surface area (Å²) in [5.41, 5.74) is 1.10. The summed E-state index contributed by atoms with van der Waals surface area (Å²) >= 11 is 0. The largest absolute Gasteiger partial charge is 0.466 e. The molecular weight excluding hydrogens is 344 g/mol. The highest BCUT2D eigenvalue weighted by molar-refractivity contribution is 5.81. The molecule has 28 heavy (non-hydrogen) atoms. The van der Waals surface area contributed by atoms with E-state index >= 15 is 0 Å². The summed E-state index contributed by atoms with van der Waals surface area (Å²) < 4.78 is 4.78. The molecule has 0 aromatic carbocycles. The second-order valence-electron chi connectivity index (χ2n) is 11.1. The molecule has 8 atom stereocenters. The minimum atomic E-state index is -0.210. The van der Waals surface area contributed by atoms with Gasteiger partial charge in [-0.3, -0.25) is 0 Å². The van der Waals surface area contributed by atoms with Gasteiger partial charge in [-0.2, -0.15) is 0 Å².